The minimum atomic E-state index is -4.45. The Morgan fingerprint density at radius 3 is 2.53 bits per heavy atom. The average Bonchev–Trinajstić information content (AvgIpc) is 2.25. The molecule has 0 N–H and O–H groups in total. The third kappa shape index (κ3) is 4.11. The van der Waals surface area contributed by atoms with Gasteiger partial charge in [0, 0.05) is 5.02 Å². The van der Waals surface area contributed by atoms with Crippen molar-refractivity contribution in [2.24, 2.45) is 5.92 Å². The zero-order chi connectivity index (χ0) is 13.1. The summed E-state index contributed by atoms with van der Waals surface area (Å²) in [4.78, 5) is 0. The van der Waals surface area contributed by atoms with Gasteiger partial charge in [-0.15, -0.1) is 0 Å². The van der Waals surface area contributed by atoms with E-state index >= 15 is 0 Å². The highest BCUT2D eigenvalue weighted by molar-refractivity contribution is 6.30. The minimum Gasteiger partial charge on any atom is -0.493 e. The molecule has 0 heterocycles. The molecule has 0 aromatic heterocycles. The van der Waals surface area contributed by atoms with Crippen molar-refractivity contribution in [3.63, 3.8) is 0 Å². The lowest BCUT2D eigenvalue weighted by molar-refractivity contribution is -0.139. The van der Waals surface area contributed by atoms with Crippen molar-refractivity contribution in [2.45, 2.75) is 26.4 Å². The summed E-state index contributed by atoms with van der Waals surface area (Å²) in [6, 6.07) is 3.53. The molecule has 0 saturated heterocycles. The molecule has 1 nitrogen and oxygen atoms in total. The molecule has 1 aromatic carbocycles. The van der Waals surface area contributed by atoms with Crippen LogP contribution in [0.1, 0.15) is 25.8 Å². The van der Waals surface area contributed by atoms with Crippen LogP contribution in [0.3, 0.4) is 0 Å². The molecule has 1 atom stereocenters. The lowest BCUT2D eigenvalue weighted by Crippen LogP contribution is -2.12. The van der Waals surface area contributed by atoms with Crippen molar-refractivity contribution in [1.82, 2.24) is 0 Å². The number of hydrogen-bond acceptors (Lipinski definition) is 1. The Hall–Kier alpha value is -0.900. The van der Waals surface area contributed by atoms with Crippen LogP contribution in [0.15, 0.2) is 18.2 Å². The van der Waals surface area contributed by atoms with E-state index in [0.29, 0.717) is 0 Å². The molecule has 1 aromatic rings. The Morgan fingerprint density at radius 2 is 2.00 bits per heavy atom. The van der Waals surface area contributed by atoms with E-state index in [4.69, 9.17) is 16.3 Å². The van der Waals surface area contributed by atoms with Crippen LogP contribution >= 0.6 is 11.6 Å². The molecule has 5 heteroatoms. The number of rotatable bonds is 4. The van der Waals surface area contributed by atoms with Gasteiger partial charge >= 0.3 is 6.18 Å². The first kappa shape index (κ1) is 14.2. The van der Waals surface area contributed by atoms with Crippen LogP contribution in [0.4, 0.5) is 13.2 Å². The Morgan fingerprint density at radius 1 is 1.35 bits per heavy atom. The van der Waals surface area contributed by atoms with Crippen LogP contribution in [-0.4, -0.2) is 6.61 Å². The maximum absolute atomic E-state index is 12.7. The molecule has 0 unspecified atom stereocenters. The highest BCUT2D eigenvalue weighted by Gasteiger charge is 2.34. The molecule has 1 rings (SSSR count). The summed E-state index contributed by atoms with van der Waals surface area (Å²) in [5.41, 5.74) is -0.826. The van der Waals surface area contributed by atoms with Gasteiger partial charge in [-0.1, -0.05) is 31.9 Å². The fourth-order valence-corrected chi connectivity index (χ4v) is 1.37. The standard InChI is InChI=1S/C12H14ClF3O/c1-3-8(2)7-17-11-5-4-9(13)6-10(11)12(14,15)16/h4-6,8H,3,7H2,1-2H3/t8-/m1/s1. The highest BCUT2D eigenvalue weighted by Crippen LogP contribution is 2.37. The van der Waals surface area contributed by atoms with Gasteiger partial charge in [0.25, 0.3) is 0 Å². The highest BCUT2D eigenvalue weighted by atomic mass is 35.5. The van der Waals surface area contributed by atoms with Gasteiger partial charge in [-0.05, 0) is 24.1 Å². The summed E-state index contributed by atoms with van der Waals surface area (Å²) in [5, 5.41) is 0.0493. The molecular formula is C12H14ClF3O. The number of ether oxygens (including phenoxy) is 1. The zero-order valence-electron chi connectivity index (χ0n) is 9.64. The molecule has 0 radical (unpaired) electrons. The maximum Gasteiger partial charge on any atom is 0.420 e. The predicted molar refractivity (Wildman–Crippen MR) is 61.4 cm³/mol. The third-order valence-corrected chi connectivity index (χ3v) is 2.70. The van der Waals surface area contributed by atoms with Gasteiger partial charge in [0.05, 0.1) is 12.2 Å². The van der Waals surface area contributed by atoms with Gasteiger partial charge in [0.2, 0.25) is 0 Å². The molecule has 0 aliphatic rings. The zero-order valence-corrected chi connectivity index (χ0v) is 10.4. The maximum atomic E-state index is 12.7. The van der Waals surface area contributed by atoms with E-state index in [1.54, 1.807) is 0 Å². The largest absolute Gasteiger partial charge is 0.493 e. The molecule has 0 spiro atoms. The van der Waals surface area contributed by atoms with Crippen molar-refractivity contribution in [3.05, 3.63) is 28.8 Å². The first-order chi connectivity index (χ1) is 7.84. The smallest absolute Gasteiger partial charge is 0.420 e. The molecule has 96 valence electrons. The molecule has 0 aliphatic carbocycles. The molecule has 17 heavy (non-hydrogen) atoms. The molecule has 0 bridgehead atoms. The van der Waals surface area contributed by atoms with E-state index in [-0.39, 0.29) is 23.3 Å². The first-order valence-corrected chi connectivity index (χ1v) is 5.72. The molecule has 0 amide bonds. The van der Waals surface area contributed by atoms with E-state index in [0.717, 1.165) is 12.5 Å². The summed E-state index contributed by atoms with van der Waals surface area (Å²) < 4.78 is 43.3. The quantitative estimate of drug-likeness (QED) is 0.762. The Labute approximate surface area is 104 Å². The molecule has 0 aliphatic heterocycles. The van der Waals surface area contributed by atoms with Crippen LogP contribution in [0.25, 0.3) is 0 Å². The normalized spacial score (nSPS) is 13.5. The summed E-state index contributed by atoms with van der Waals surface area (Å²) in [6.45, 7) is 4.14. The van der Waals surface area contributed by atoms with E-state index in [1.807, 2.05) is 13.8 Å². The van der Waals surface area contributed by atoms with Crippen molar-refractivity contribution in [2.75, 3.05) is 6.61 Å². The monoisotopic (exact) mass is 266 g/mol. The van der Waals surface area contributed by atoms with E-state index in [2.05, 4.69) is 0 Å². The Kier molecular flexibility index (Phi) is 4.69. The van der Waals surface area contributed by atoms with Crippen molar-refractivity contribution in [3.8, 4) is 5.75 Å². The second-order valence-electron chi connectivity index (χ2n) is 3.96. The van der Waals surface area contributed by atoms with Gasteiger partial charge in [-0.2, -0.15) is 13.2 Å². The second-order valence-corrected chi connectivity index (χ2v) is 4.40. The van der Waals surface area contributed by atoms with Gasteiger partial charge in [0.1, 0.15) is 5.75 Å². The fraction of sp³-hybridized carbons (Fsp3) is 0.500. The fourth-order valence-electron chi connectivity index (χ4n) is 1.20. The summed E-state index contributed by atoms with van der Waals surface area (Å²) in [6.07, 6.45) is -3.59. The van der Waals surface area contributed by atoms with Crippen LogP contribution < -0.4 is 4.74 Å². The van der Waals surface area contributed by atoms with E-state index in [1.165, 1.54) is 12.1 Å². The van der Waals surface area contributed by atoms with E-state index < -0.39 is 11.7 Å². The van der Waals surface area contributed by atoms with Gasteiger partial charge < -0.3 is 4.74 Å². The summed E-state index contributed by atoms with van der Waals surface area (Å²) in [7, 11) is 0. The minimum absolute atomic E-state index is 0.0493. The number of benzene rings is 1. The molecule has 0 fully saturated rings. The van der Waals surface area contributed by atoms with Gasteiger partial charge in [0.15, 0.2) is 0 Å². The number of halogens is 4. The lowest BCUT2D eigenvalue weighted by Gasteiger charge is -2.16. The molecular weight excluding hydrogens is 253 g/mol. The summed E-state index contributed by atoms with van der Waals surface area (Å²) >= 11 is 5.56. The van der Waals surface area contributed by atoms with Gasteiger partial charge in [-0.25, -0.2) is 0 Å². The van der Waals surface area contributed by atoms with Crippen LogP contribution in [0, 0.1) is 5.92 Å². The average molecular weight is 267 g/mol. The topological polar surface area (TPSA) is 9.23 Å². The van der Waals surface area contributed by atoms with Crippen molar-refractivity contribution < 1.29 is 17.9 Å². The number of hydrogen-bond donors (Lipinski definition) is 0. The van der Waals surface area contributed by atoms with Crippen LogP contribution in [-0.2, 0) is 6.18 Å². The van der Waals surface area contributed by atoms with Crippen LogP contribution in [0.2, 0.25) is 5.02 Å². The SMILES string of the molecule is CC[C@@H](C)COc1ccc(Cl)cc1C(F)(F)F. The van der Waals surface area contributed by atoms with Crippen LogP contribution in [0.5, 0.6) is 5.75 Å². The summed E-state index contributed by atoms with van der Waals surface area (Å²) in [5.74, 6) is 0.0500. The first-order valence-electron chi connectivity index (χ1n) is 5.34. The predicted octanol–water partition coefficient (Wildman–Crippen LogP) is 4.78. The Bertz CT molecular complexity index is 377. The second kappa shape index (κ2) is 5.63. The lowest BCUT2D eigenvalue weighted by atomic mass is 10.1. The third-order valence-electron chi connectivity index (χ3n) is 2.47. The van der Waals surface area contributed by atoms with Crippen molar-refractivity contribution >= 4 is 11.6 Å². The van der Waals surface area contributed by atoms with Crippen molar-refractivity contribution in [1.29, 1.82) is 0 Å². The Balaban J connectivity index is 2.91. The van der Waals surface area contributed by atoms with E-state index in [9.17, 15) is 13.2 Å². The molecule has 0 saturated carbocycles. The van der Waals surface area contributed by atoms with Gasteiger partial charge in [-0.3, -0.25) is 0 Å². The number of alkyl halides is 3.